The van der Waals surface area contributed by atoms with E-state index in [1.165, 1.54) is 7.05 Å². The second-order valence-corrected chi connectivity index (χ2v) is 2.18. The van der Waals surface area contributed by atoms with Crippen molar-refractivity contribution >= 4 is 5.91 Å². The number of nitrogens with two attached hydrogens (primary N) is 2. The van der Waals surface area contributed by atoms with Crippen molar-refractivity contribution in [3.8, 4) is 0 Å². The predicted molar refractivity (Wildman–Crippen MR) is 49.8 cm³/mol. The van der Waals surface area contributed by atoms with Crippen molar-refractivity contribution in [3.63, 3.8) is 0 Å². The lowest BCUT2D eigenvalue weighted by Gasteiger charge is -1.97. The second kappa shape index (κ2) is 5.32. The first kappa shape index (κ1) is 10.7. The van der Waals surface area contributed by atoms with Gasteiger partial charge in [0, 0.05) is 5.56 Å². The van der Waals surface area contributed by atoms with Crippen LogP contribution in [0.4, 0.5) is 0 Å². The van der Waals surface area contributed by atoms with Crippen LogP contribution in [0.1, 0.15) is 15.9 Å². The van der Waals surface area contributed by atoms with Crippen LogP contribution in [-0.2, 0) is 0 Å². The lowest BCUT2D eigenvalue weighted by molar-refractivity contribution is 0.0999. The summed E-state index contributed by atoms with van der Waals surface area (Å²) in [6.45, 7) is 1.86. The summed E-state index contributed by atoms with van der Waals surface area (Å²) in [5.74, 6) is -0.363. The normalized spacial score (nSPS) is 8.25. The third-order valence-electron chi connectivity index (χ3n) is 1.41. The highest BCUT2D eigenvalue weighted by Gasteiger charge is 2.00. The van der Waals surface area contributed by atoms with Crippen LogP contribution in [0.3, 0.4) is 0 Å². The molecule has 66 valence electrons. The van der Waals surface area contributed by atoms with Gasteiger partial charge in [0.15, 0.2) is 0 Å². The summed E-state index contributed by atoms with van der Waals surface area (Å²) in [6.07, 6.45) is 0. The molecule has 12 heavy (non-hydrogen) atoms. The molecule has 0 aliphatic rings. The Kier molecular flexibility index (Phi) is 4.72. The first-order valence-electron chi connectivity index (χ1n) is 3.65. The summed E-state index contributed by atoms with van der Waals surface area (Å²) in [5, 5.41) is 0. The minimum Gasteiger partial charge on any atom is -0.366 e. The molecule has 0 aliphatic carbocycles. The van der Waals surface area contributed by atoms with Crippen molar-refractivity contribution in [2.45, 2.75) is 6.92 Å². The van der Waals surface area contributed by atoms with E-state index in [0.29, 0.717) is 5.56 Å². The maximum Gasteiger partial charge on any atom is 0.248 e. The Bertz CT molecular complexity index is 258. The summed E-state index contributed by atoms with van der Waals surface area (Å²) in [6, 6.07) is 7.26. The van der Waals surface area contributed by atoms with E-state index in [0.717, 1.165) is 5.56 Å². The first-order chi connectivity index (χ1) is 5.72. The highest BCUT2D eigenvalue weighted by Crippen LogP contribution is 2.04. The van der Waals surface area contributed by atoms with Crippen molar-refractivity contribution in [2.24, 2.45) is 11.5 Å². The van der Waals surface area contributed by atoms with E-state index in [-0.39, 0.29) is 5.91 Å². The molecule has 0 fully saturated rings. The number of hydrogen-bond donors (Lipinski definition) is 2. The third-order valence-corrected chi connectivity index (χ3v) is 1.41. The molecule has 4 N–H and O–H groups in total. The molecule has 0 radical (unpaired) electrons. The van der Waals surface area contributed by atoms with Gasteiger partial charge in [-0.15, -0.1) is 0 Å². The molecule has 0 heterocycles. The molecule has 0 unspecified atom stereocenters. The SMILES string of the molecule is CN.Cc1ccccc1C(N)=O. The smallest absolute Gasteiger partial charge is 0.248 e. The van der Waals surface area contributed by atoms with Crippen LogP contribution in [0.15, 0.2) is 24.3 Å². The Morgan fingerprint density at radius 2 is 1.75 bits per heavy atom. The number of carbonyl (C=O) groups is 1. The van der Waals surface area contributed by atoms with E-state index in [1.807, 2.05) is 19.1 Å². The number of aryl methyl sites for hydroxylation is 1. The molecule has 3 heteroatoms. The highest BCUT2D eigenvalue weighted by molar-refractivity contribution is 5.94. The largest absolute Gasteiger partial charge is 0.366 e. The first-order valence-corrected chi connectivity index (χ1v) is 3.65. The molecule has 1 aromatic carbocycles. The Morgan fingerprint density at radius 3 is 2.08 bits per heavy atom. The predicted octanol–water partition coefficient (Wildman–Crippen LogP) is 0.669. The van der Waals surface area contributed by atoms with Gasteiger partial charge in [0.2, 0.25) is 5.91 Å². The zero-order chi connectivity index (χ0) is 9.56. The molecule has 0 spiro atoms. The van der Waals surface area contributed by atoms with Crippen LogP contribution >= 0.6 is 0 Å². The van der Waals surface area contributed by atoms with E-state index in [4.69, 9.17) is 5.73 Å². The maximum absolute atomic E-state index is 10.6. The Labute approximate surface area is 72.4 Å². The zero-order valence-corrected chi connectivity index (χ0v) is 7.37. The van der Waals surface area contributed by atoms with Crippen molar-refractivity contribution in [3.05, 3.63) is 35.4 Å². The van der Waals surface area contributed by atoms with Gasteiger partial charge in [-0.1, -0.05) is 18.2 Å². The average molecular weight is 166 g/mol. The van der Waals surface area contributed by atoms with E-state index in [1.54, 1.807) is 12.1 Å². The van der Waals surface area contributed by atoms with Crippen LogP contribution in [0.5, 0.6) is 0 Å². The summed E-state index contributed by atoms with van der Waals surface area (Å²) in [4.78, 5) is 10.6. The van der Waals surface area contributed by atoms with Crippen LogP contribution in [0.25, 0.3) is 0 Å². The van der Waals surface area contributed by atoms with Crippen LogP contribution in [0, 0.1) is 6.92 Å². The summed E-state index contributed by atoms with van der Waals surface area (Å²) in [7, 11) is 1.50. The fraction of sp³-hybridized carbons (Fsp3) is 0.222. The molecule has 1 rings (SSSR count). The van der Waals surface area contributed by atoms with Crippen LogP contribution < -0.4 is 11.5 Å². The van der Waals surface area contributed by atoms with Gasteiger partial charge in [-0.3, -0.25) is 4.79 Å². The number of carbonyl (C=O) groups excluding carboxylic acids is 1. The molecule has 0 atom stereocenters. The second-order valence-electron chi connectivity index (χ2n) is 2.18. The quantitative estimate of drug-likeness (QED) is 0.643. The molecule has 0 aliphatic heterocycles. The van der Waals surface area contributed by atoms with Crippen molar-refractivity contribution in [1.29, 1.82) is 0 Å². The zero-order valence-electron chi connectivity index (χ0n) is 7.37. The summed E-state index contributed by atoms with van der Waals surface area (Å²) >= 11 is 0. The Morgan fingerprint density at radius 1 is 1.25 bits per heavy atom. The molecular formula is C9H14N2O. The van der Waals surface area contributed by atoms with Crippen LogP contribution in [-0.4, -0.2) is 13.0 Å². The fourth-order valence-electron chi connectivity index (χ4n) is 0.849. The van der Waals surface area contributed by atoms with Gasteiger partial charge in [0.05, 0.1) is 0 Å². The Balaban J connectivity index is 0.000000561. The van der Waals surface area contributed by atoms with E-state index >= 15 is 0 Å². The summed E-state index contributed by atoms with van der Waals surface area (Å²) in [5.41, 5.74) is 11.1. The fourth-order valence-corrected chi connectivity index (χ4v) is 0.849. The number of benzene rings is 1. The molecule has 1 aromatic rings. The van der Waals surface area contributed by atoms with E-state index in [9.17, 15) is 4.79 Å². The highest BCUT2D eigenvalue weighted by atomic mass is 16.1. The monoisotopic (exact) mass is 166 g/mol. The lowest BCUT2D eigenvalue weighted by Crippen LogP contribution is -2.12. The van der Waals surface area contributed by atoms with Crippen LogP contribution in [0.2, 0.25) is 0 Å². The minimum atomic E-state index is -0.363. The lowest BCUT2D eigenvalue weighted by atomic mass is 10.1. The van der Waals surface area contributed by atoms with Gasteiger partial charge >= 0.3 is 0 Å². The molecule has 0 saturated carbocycles. The van der Waals surface area contributed by atoms with Gasteiger partial charge in [-0.2, -0.15) is 0 Å². The van der Waals surface area contributed by atoms with E-state index < -0.39 is 0 Å². The van der Waals surface area contributed by atoms with Crippen molar-refractivity contribution in [1.82, 2.24) is 0 Å². The topological polar surface area (TPSA) is 69.1 Å². The average Bonchev–Trinajstić information content (AvgIpc) is 2.08. The maximum atomic E-state index is 10.6. The van der Waals surface area contributed by atoms with Gasteiger partial charge in [0.25, 0.3) is 0 Å². The van der Waals surface area contributed by atoms with Gasteiger partial charge in [0.1, 0.15) is 0 Å². The van der Waals surface area contributed by atoms with Crippen molar-refractivity contribution < 1.29 is 4.79 Å². The minimum absolute atomic E-state index is 0.363. The van der Waals surface area contributed by atoms with Gasteiger partial charge < -0.3 is 11.5 Å². The molecule has 3 nitrogen and oxygen atoms in total. The number of amides is 1. The number of rotatable bonds is 1. The molecule has 1 amide bonds. The molecule has 0 saturated heterocycles. The van der Waals surface area contributed by atoms with E-state index in [2.05, 4.69) is 5.73 Å². The third kappa shape index (κ3) is 2.72. The van der Waals surface area contributed by atoms with Gasteiger partial charge in [-0.05, 0) is 25.6 Å². The Hall–Kier alpha value is -1.35. The molecule has 0 aromatic heterocycles. The molecular weight excluding hydrogens is 152 g/mol. The standard InChI is InChI=1S/C8H9NO.CH5N/c1-6-4-2-3-5-7(6)8(9)10;1-2/h2-5H,1H3,(H2,9,10);2H2,1H3. The number of primary amides is 1. The van der Waals surface area contributed by atoms with Crippen molar-refractivity contribution in [2.75, 3.05) is 7.05 Å². The molecule has 0 bridgehead atoms. The van der Waals surface area contributed by atoms with Gasteiger partial charge in [-0.25, -0.2) is 0 Å². The summed E-state index contributed by atoms with van der Waals surface area (Å²) < 4.78 is 0. The number of hydrogen-bond acceptors (Lipinski definition) is 2.